The topological polar surface area (TPSA) is 72.3 Å². The molecule has 3 nitrogen and oxygen atoms in total. The number of unbranched alkanes of at least 4 members (excludes halogenated alkanes) is 2. The van der Waals surface area contributed by atoms with E-state index in [0.29, 0.717) is 0 Å². The van der Waals surface area contributed by atoms with Gasteiger partial charge >= 0.3 is 0 Å². The molecule has 0 atom stereocenters. The summed E-state index contributed by atoms with van der Waals surface area (Å²) in [5.74, 6) is 0. The highest BCUT2D eigenvalue weighted by molar-refractivity contribution is 4.41. The van der Waals surface area contributed by atoms with E-state index in [4.69, 9.17) is 16.6 Å². The van der Waals surface area contributed by atoms with E-state index in [2.05, 4.69) is 0 Å². The van der Waals surface area contributed by atoms with Crippen LogP contribution in [0.15, 0.2) is 0 Å². The van der Waals surface area contributed by atoms with Crippen LogP contribution in [-0.2, 0) is 0 Å². The maximum atomic E-state index is 7.57. The Morgan fingerprint density at radius 3 is 1.50 bits per heavy atom. The molecule has 0 aromatic heterocycles. The lowest BCUT2D eigenvalue weighted by molar-refractivity contribution is 0.318. The van der Waals surface area contributed by atoms with Crippen molar-refractivity contribution in [1.29, 1.82) is 0 Å². The third kappa shape index (κ3) is 24.8. The standard InChI is InChI=1S/C5H14N2.C2H6O/c6-4-2-1-3-5-7;1-2-3/h1-7H2;3H,2H2,1H3. The van der Waals surface area contributed by atoms with Crippen LogP contribution in [0.3, 0.4) is 0 Å². The minimum Gasteiger partial charge on any atom is -0.397 e. The van der Waals surface area contributed by atoms with Crippen molar-refractivity contribution in [3.8, 4) is 0 Å². The van der Waals surface area contributed by atoms with Crippen molar-refractivity contribution in [2.24, 2.45) is 11.5 Å². The van der Waals surface area contributed by atoms with Gasteiger partial charge in [0.2, 0.25) is 0 Å². The number of nitrogens with two attached hydrogens (primary N) is 2. The minimum atomic E-state index is 0.250. The van der Waals surface area contributed by atoms with E-state index in [9.17, 15) is 0 Å². The Morgan fingerprint density at radius 2 is 1.30 bits per heavy atom. The summed E-state index contributed by atoms with van der Waals surface area (Å²) in [5.41, 5.74) is 10.5. The fourth-order valence-corrected chi connectivity index (χ4v) is 0.465. The summed E-state index contributed by atoms with van der Waals surface area (Å²) < 4.78 is 0. The van der Waals surface area contributed by atoms with Gasteiger partial charge in [-0.05, 0) is 32.9 Å². The van der Waals surface area contributed by atoms with Crippen molar-refractivity contribution in [3.63, 3.8) is 0 Å². The molecule has 0 spiro atoms. The molecule has 0 aromatic carbocycles. The number of aliphatic hydroxyl groups is 1. The van der Waals surface area contributed by atoms with Gasteiger partial charge in [-0.25, -0.2) is 0 Å². The van der Waals surface area contributed by atoms with Gasteiger partial charge in [-0.1, -0.05) is 6.42 Å². The molecule has 10 heavy (non-hydrogen) atoms. The molecule has 0 unspecified atom stereocenters. The average Bonchev–Trinajstić information content (AvgIpc) is 1.91. The number of hydrogen-bond donors (Lipinski definition) is 3. The van der Waals surface area contributed by atoms with Crippen LogP contribution in [0.1, 0.15) is 26.2 Å². The molecule has 64 valence electrons. The van der Waals surface area contributed by atoms with Crippen LogP contribution in [0.5, 0.6) is 0 Å². The second-order valence-corrected chi connectivity index (χ2v) is 1.95. The average molecular weight is 148 g/mol. The first kappa shape index (κ1) is 12.5. The molecular formula is C7H20N2O. The molecule has 0 bridgehead atoms. The van der Waals surface area contributed by atoms with Gasteiger partial charge < -0.3 is 16.6 Å². The van der Waals surface area contributed by atoms with Gasteiger partial charge in [0.1, 0.15) is 0 Å². The van der Waals surface area contributed by atoms with Gasteiger partial charge in [0.15, 0.2) is 0 Å². The molecule has 0 aliphatic heterocycles. The monoisotopic (exact) mass is 148 g/mol. The molecule has 0 saturated carbocycles. The molecule has 0 heterocycles. The number of hydrogen-bond acceptors (Lipinski definition) is 3. The molecule has 5 N–H and O–H groups in total. The summed E-state index contributed by atoms with van der Waals surface area (Å²) in [5, 5.41) is 7.57. The van der Waals surface area contributed by atoms with Crippen molar-refractivity contribution in [1.82, 2.24) is 0 Å². The third-order valence-corrected chi connectivity index (χ3v) is 0.908. The second-order valence-electron chi connectivity index (χ2n) is 1.95. The highest BCUT2D eigenvalue weighted by atomic mass is 16.2. The van der Waals surface area contributed by atoms with Crippen molar-refractivity contribution in [2.75, 3.05) is 19.7 Å². The van der Waals surface area contributed by atoms with Crippen LogP contribution in [0.2, 0.25) is 0 Å². The zero-order valence-electron chi connectivity index (χ0n) is 6.84. The van der Waals surface area contributed by atoms with Crippen molar-refractivity contribution in [3.05, 3.63) is 0 Å². The Hall–Kier alpha value is -0.120. The SMILES string of the molecule is CCO.NCCCCCN. The zero-order valence-corrected chi connectivity index (χ0v) is 6.84. The molecule has 0 aromatic rings. The fourth-order valence-electron chi connectivity index (χ4n) is 0.465. The van der Waals surface area contributed by atoms with Gasteiger partial charge in [0.05, 0.1) is 0 Å². The van der Waals surface area contributed by atoms with E-state index < -0.39 is 0 Å². The molecule has 0 fully saturated rings. The van der Waals surface area contributed by atoms with E-state index >= 15 is 0 Å². The van der Waals surface area contributed by atoms with E-state index in [-0.39, 0.29) is 6.61 Å². The zero-order chi connectivity index (χ0) is 8.24. The van der Waals surface area contributed by atoms with E-state index in [1.807, 2.05) is 0 Å². The summed E-state index contributed by atoms with van der Waals surface area (Å²) in [7, 11) is 0. The second kappa shape index (κ2) is 15.9. The Labute approximate surface area is 63.4 Å². The Morgan fingerprint density at radius 1 is 1.00 bits per heavy atom. The minimum absolute atomic E-state index is 0.250. The van der Waals surface area contributed by atoms with Gasteiger partial charge in [-0.3, -0.25) is 0 Å². The van der Waals surface area contributed by atoms with Crippen LogP contribution in [0.25, 0.3) is 0 Å². The molecule has 0 aliphatic carbocycles. The highest BCUT2D eigenvalue weighted by Crippen LogP contribution is 1.88. The van der Waals surface area contributed by atoms with Crippen LogP contribution in [-0.4, -0.2) is 24.8 Å². The molecule has 0 saturated heterocycles. The summed E-state index contributed by atoms with van der Waals surface area (Å²) >= 11 is 0. The Kier molecular flexibility index (Phi) is 20.0. The van der Waals surface area contributed by atoms with E-state index in [1.54, 1.807) is 6.92 Å². The predicted molar refractivity (Wildman–Crippen MR) is 44.7 cm³/mol. The van der Waals surface area contributed by atoms with Crippen LogP contribution >= 0.6 is 0 Å². The van der Waals surface area contributed by atoms with E-state index in [0.717, 1.165) is 25.9 Å². The molecule has 3 heteroatoms. The van der Waals surface area contributed by atoms with Crippen molar-refractivity contribution >= 4 is 0 Å². The van der Waals surface area contributed by atoms with Gasteiger partial charge in [-0.2, -0.15) is 0 Å². The lowest BCUT2D eigenvalue weighted by Gasteiger charge is -1.91. The molecular weight excluding hydrogens is 128 g/mol. The van der Waals surface area contributed by atoms with Crippen LogP contribution < -0.4 is 11.5 Å². The molecule has 0 aliphatic rings. The molecule has 0 radical (unpaired) electrons. The summed E-state index contributed by atoms with van der Waals surface area (Å²) in [6.07, 6.45) is 3.43. The Bertz CT molecular complexity index is 38.6. The number of aliphatic hydroxyl groups excluding tert-OH is 1. The predicted octanol–water partition coefficient (Wildman–Crippen LogP) is 0.0727. The lowest BCUT2D eigenvalue weighted by Crippen LogP contribution is -2.02. The van der Waals surface area contributed by atoms with Crippen LogP contribution in [0.4, 0.5) is 0 Å². The first-order valence-electron chi connectivity index (χ1n) is 3.84. The van der Waals surface area contributed by atoms with Gasteiger partial charge in [-0.15, -0.1) is 0 Å². The first-order valence-corrected chi connectivity index (χ1v) is 3.84. The summed E-state index contributed by atoms with van der Waals surface area (Å²) in [6, 6.07) is 0. The Balaban J connectivity index is 0. The quantitative estimate of drug-likeness (QED) is 0.494. The molecule has 0 rings (SSSR count). The summed E-state index contributed by atoms with van der Waals surface area (Å²) in [6.45, 7) is 3.54. The van der Waals surface area contributed by atoms with Gasteiger partial charge in [0, 0.05) is 6.61 Å². The lowest BCUT2D eigenvalue weighted by atomic mass is 10.2. The fraction of sp³-hybridized carbons (Fsp3) is 1.00. The normalized spacial score (nSPS) is 8.40. The maximum Gasteiger partial charge on any atom is 0.0402 e. The summed E-state index contributed by atoms with van der Waals surface area (Å²) in [4.78, 5) is 0. The van der Waals surface area contributed by atoms with Crippen molar-refractivity contribution < 1.29 is 5.11 Å². The smallest absolute Gasteiger partial charge is 0.0402 e. The number of rotatable bonds is 4. The largest absolute Gasteiger partial charge is 0.397 e. The van der Waals surface area contributed by atoms with Crippen molar-refractivity contribution in [2.45, 2.75) is 26.2 Å². The molecule has 0 amide bonds. The highest BCUT2D eigenvalue weighted by Gasteiger charge is 1.80. The maximum absolute atomic E-state index is 7.57. The third-order valence-electron chi connectivity index (χ3n) is 0.908. The first-order chi connectivity index (χ1) is 4.83. The van der Waals surface area contributed by atoms with Crippen LogP contribution in [0, 0.1) is 0 Å². The van der Waals surface area contributed by atoms with E-state index in [1.165, 1.54) is 6.42 Å². The van der Waals surface area contributed by atoms with Gasteiger partial charge in [0.25, 0.3) is 0 Å².